The van der Waals surface area contributed by atoms with Crippen LogP contribution >= 0.6 is 0 Å². The minimum absolute atomic E-state index is 0.735. The van der Waals surface area contributed by atoms with Crippen LogP contribution in [0.15, 0.2) is 126 Å². The molecule has 0 atom stereocenters. The second-order valence-electron chi connectivity index (χ2n) is 8.80. The quantitative estimate of drug-likeness (QED) is 0.176. The van der Waals surface area contributed by atoms with Crippen LogP contribution < -0.4 is 3.61 Å². The second kappa shape index (κ2) is 10.6. The van der Waals surface area contributed by atoms with Gasteiger partial charge in [0, 0.05) is 0 Å². The Morgan fingerprint density at radius 1 is 0.636 bits per heavy atom. The van der Waals surface area contributed by atoms with Gasteiger partial charge in [0.15, 0.2) is 0 Å². The molecule has 0 radical (unpaired) electrons. The van der Waals surface area contributed by atoms with Gasteiger partial charge in [-0.3, -0.25) is 0 Å². The van der Waals surface area contributed by atoms with Crippen LogP contribution in [-0.4, -0.2) is 33.0 Å². The van der Waals surface area contributed by atoms with E-state index in [2.05, 4.69) is 123 Å². The summed E-state index contributed by atoms with van der Waals surface area (Å²) in [5.41, 5.74) is 2.49. The Labute approximate surface area is 208 Å². The van der Waals surface area contributed by atoms with E-state index < -0.39 is 34.8 Å². The molecule has 4 aromatic rings. The van der Waals surface area contributed by atoms with Gasteiger partial charge >= 0.3 is 209 Å². The third kappa shape index (κ3) is 5.91. The Bertz CT molecular complexity index is 1130. The van der Waals surface area contributed by atoms with Gasteiger partial charge in [0.05, 0.1) is 0 Å². The third-order valence-corrected chi connectivity index (χ3v) is 9.07. The topological polar surface area (TPSA) is 21.6 Å². The van der Waals surface area contributed by atoms with Crippen LogP contribution in [0.25, 0.3) is 0 Å². The first-order chi connectivity index (χ1) is 16.0. The van der Waals surface area contributed by atoms with Crippen molar-refractivity contribution >= 4 is 42.3 Å². The Balaban J connectivity index is 2.03. The summed E-state index contributed by atoms with van der Waals surface area (Å²) in [4.78, 5) is 5.33. The fourth-order valence-corrected chi connectivity index (χ4v) is 8.36. The first-order valence-electron chi connectivity index (χ1n) is 11.2. The van der Waals surface area contributed by atoms with Crippen molar-refractivity contribution < 1.29 is 4.43 Å². The zero-order valence-electron chi connectivity index (χ0n) is 19.3. The fourth-order valence-electron chi connectivity index (χ4n) is 3.77. The van der Waals surface area contributed by atoms with E-state index in [0.29, 0.717) is 0 Å². The molecule has 0 saturated carbocycles. The van der Waals surface area contributed by atoms with Crippen molar-refractivity contribution in [1.29, 1.82) is 0 Å². The molecule has 2 nitrogen and oxygen atoms in total. The van der Waals surface area contributed by atoms with Gasteiger partial charge in [0.1, 0.15) is 0 Å². The molecule has 4 heteroatoms. The summed E-state index contributed by atoms with van der Waals surface area (Å²) < 4.78 is 9.70. The van der Waals surface area contributed by atoms with Crippen molar-refractivity contribution in [2.75, 3.05) is 0 Å². The molecule has 0 spiro atoms. The molecule has 0 heterocycles. The first kappa shape index (κ1) is 23.7. The predicted octanol–water partition coefficient (Wildman–Crippen LogP) is 6.54. The number of para-hydroxylation sites is 1. The monoisotopic (exact) mass is 565 g/mol. The van der Waals surface area contributed by atoms with Gasteiger partial charge in [-0.05, 0) is 0 Å². The van der Waals surface area contributed by atoms with Gasteiger partial charge < -0.3 is 0 Å². The van der Waals surface area contributed by atoms with E-state index in [4.69, 9.17) is 9.42 Å². The number of benzene rings is 4. The van der Waals surface area contributed by atoms with E-state index in [1.54, 1.807) is 0 Å². The Hall–Kier alpha value is -2.48. The average molecular weight is 563 g/mol. The van der Waals surface area contributed by atoms with Gasteiger partial charge in [-0.15, -0.1) is 0 Å². The van der Waals surface area contributed by atoms with Crippen molar-refractivity contribution in [3.05, 3.63) is 132 Å². The van der Waals surface area contributed by atoms with Gasteiger partial charge in [-0.2, -0.15) is 0 Å². The summed E-state index contributed by atoms with van der Waals surface area (Å²) in [6.45, 7) is 6.78. The molecule has 0 N–H and O–H groups in total. The van der Waals surface area contributed by atoms with Gasteiger partial charge in [0.25, 0.3) is 0 Å². The zero-order valence-corrected chi connectivity index (χ0v) is 22.6. The van der Waals surface area contributed by atoms with Gasteiger partial charge in [-0.1, -0.05) is 0 Å². The van der Waals surface area contributed by atoms with Crippen LogP contribution in [0.1, 0.15) is 11.1 Å². The molecule has 0 bridgehead atoms. The number of nitrogens with zero attached hydrogens (tertiary/aromatic N) is 1. The predicted molar refractivity (Wildman–Crippen MR) is 143 cm³/mol. The van der Waals surface area contributed by atoms with Crippen LogP contribution in [0, 0.1) is 0 Å². The van der Waals surface area contributed by atoms with E-state index in [1.807, 2.05) is 18.2 Å². The molecule has 0 aliphatic carbocycles. The van der Waals surface area contributed by atoms with E-state index in [0.717, 1.165) is 20.6 Å². The Morgan fingerprint density at radius 2 is 1.06 bits per heavy atom. The summed E-state index contributed by atoms with van der Waals surface area (Å²) in [5.74, 6) is 0. The minimum atomic E-state index is -2.02. The molecule has 166 valence electrons. The normalized spacial score (nSPS) is 12.5. The number of hydrogen-bond acceptors (Lipinski definition) is 2. The van der Waals surface area contributed by atoms with Crippen LogP contribution in [0.4, 0.5) is 5.69 Å². The molecule has 4 aromatic carbocycles. The Morgan fingerprint density at radius 3 is 1.52 bits per heavy atom. The summed E-state index contributed by atoms with van der Waals surface area (Å²) >= 11 is -0.850. The van der Waals surface area contributed by atoms with E-state index in [1.165, 1.54) is 3.61 Å². The van der Waals surface area contributed by atoms with E-state index >= 15 is 0 Å². The van der Waals surface area contributed by atoms with Gasteiger partial charge in [-0.25, -0.2) is 0 Å². The number of aliphatic imine (C=N–C) groups is 1. The molecule has 0 aromatic heterocycles. The second-order valence-corrected chi connectivity index (χ2v) is 16.3. The third-order valence-electron chi connectivity index (χ3n) is 5.07. The molecule has 0 saturated heterocycles. The molecular weight excluding hydrogens is 534 g/mol. The first-order valence-corrected chi connectivity index (χ1v) is 16.9. The molecule has 0 fully saturated rings. The summed E-state index contributed by atoms with van der Waals surface area (Å²) in [6, 6.07) is 42.3. The fraction of sp³-hybridized carbons (Fsp3) is 0.138. The van der Waals surface area contributed by atoms with Crippen molar-refractivity contribution in [2.24, 2.45) is 4.99 Å². The van der Waals surface area contributed by atoms with Gasteiger partial charge in [0.2, 0.25) is 0 Å². The van der Waals surface area contributed by atoms with Crippen molar-refractivity contribution in [1.82, 2.24) is 0 Å². The average Bonchev–Trinajstić information content (AvgIpc) is 2.84. The number of hydrogen-bond donors (Lipinski definition) is 0. The molecule has 0 unspecified atom stereocenters. The Kier molecular flexibility index (Phi) is 7.62. The molecule has 0 aliphatic rings. The van der Waals surface area contributed by atoms with Crippen molar-refractivity contribution in [2.45, 2.75) is 25.2 Å². The molecule has 4 rings (SSSR count). The summed E-state index contributed by atoms with van der Waals surface area (Å²) in [5, 5.41) is 0. The molecule has 33 heavy (non-hydrogen) atoms. The van der Waals surface area contributed by atoms with Crippen LogP contribution in [-0.2, 0) is 10.0 Å². The van der Waals surface area contributed by atoms with E-state index in [9.17, 15) is 0 Å². The number of rotatable bonds is 8. The maximum absolute atomic E-state index is 7.24. The molecule has 0 aliphatic heterocycles. The van der Waals surface area contributed by atoms with Crippen LogP contribution in [0.2, 0.25) is 19.6 Å². The molecule has 0 amide bonds. The van der Waals surface area contributed by atoms with Crippen LogP contribution in [0.3, 0.4) is 0 Å². The molecular formula is C29H29NOSiTe. The summed E-state index contributed by atoms with van der Waals surface area (Å²) in [6.07, 6.45) is 0. The van der Waals surface area contributed by atoms with Crippen molar-refractivity contribution in [3.63, 3.8) is 0 Å². The zero-order chi connectivity index (χ0) is 23.2. The van der Waals surface area contributed by atoms with Crippen molar-refractivity contribution in [3.8, 4) is 0 Å². The van der Waals surface area contributed by atoms with Crippen LogP contribution in [0.5, 0.6) is 0 Å². The van der Waals surface area contributed by atoms with E-state index in [-0.39, 0.29) is 0 Å². The maximum atomic E-state index is 7.24. The summed E-state index contributed by atoms with van der Waals surface area (Å²) in [7, 11) is -2.02. The standard InChI is InChI=1S/C29H29NOSiTe/c1-32(2,3)31-29(24-16-8-4-9-17-24,25-18-10-5-11-19-25)28(30-26-20-12-6-13-21-26)33-27-22-14-7-15-23-27/h4-23H,1-3H3. The SMILES string of the molecule is C[Si](C)(C)OC(C(=Nc1ccccc1)[Te]c1ccccc1)(c1ccccc1)c1ccccc1.